The molecule has 0 bridgehead atoms. The van der Waals surface area contributed by atoms with Crippen LogP contribution in [0.3, 0.4) is 0 Å². The molecule has 3 atom stereocenters. The molecule has 7 heteroatoms. The lowest BCUT2D eigenvalue weighted by Crippen LogP contribution is -2.35. The first-order valence-corrected chi connectivity index (χ1v) is 10.7. The van der Waals surface area contributed by atoms with Gasteiger partial charge >= 0.3 is 0 Å². The molecule has 166 valence electrons. The first kappa shape index (κ1) is 24.7. The fourth-order valence-corrected chi connectivity index (χ4v) is 4.67. The normalized spacial score (nSPS) is 23.3. The molecule has 2 aromatic rings. The van der Waals surface area contributed by atoms with Crippen molar-refractivity contribution >= 4 is 30.7 Å². The number of nitrogens with two attached hydrogens (primary N) is 1. The number of oxazole rings is 1. The quantitative estimate of drug-likeness (QED) is 0.649. The van der Waals surface area contributed by atoms with Gasteiger partial charge in [0.2, 0.25) is 11.8 Å². The molecule has 1 unspecified atom stereocenters. The van der Waals surface area contributed by atoms with Crippen LogP contribution in [0.5, 0.6) is 0 Å². The van der Waals surface area contributed by atoms with Crippen molar-refractivity contribution < 1.29 is 9.21 Å². The summed E-state index contributed by atoms with van der Waals surface area (Å²) < 4.78 is 6.26. The second-order valence-corrected chi connectivity index (χ2v) is 8.59. The highest BCUT2D eigenvalue weighted by Gasteiger charge is 2.36. The average molecular weight is 454 g/mol. The van der Waals surface area contributed by atoms with Crippen molar-refractivity contribution in [2.75, 3.05) is 6.54 Å². The molecule has 1 aliphatic heterocycles. The molecule has 1 saturated heterocycles. The van der Waals surface area contributed by atoms with E-state index in [1.165, 1.54) is 0 Å². The van der Waals surface area contributed by atoms with Crippen LogP contribution in [0.2, 0.25) is 0 Å². The van der Waals surface area contributed by atoms with Crippen molar-refractivity contribution in [3.05, 3.63) is 42.0 Å². The summed E-state index contributed by atoms with van der Waals surface area (Å²) in [4.78, 5) is 19.9. The number of hydrogen-bond donors (Lipinski definition) is 1. The molecule has 0 radical (unpaired) electrons. The van der Waals surface area contributed by atoms with Gasteiger partial charge in [-0.2, -0.15) is 0 Å². The zero-order valence-electron chi connectivity index (χ0n) is 17.8. The Morgan fingerprint density at radius 1 is 1.17 bits per heavy atom. The second-order valence-electron chi connectivity index (χ2n) is 8.59. The maximum Gasteiger partial charge on any atom is 0.223 e. The fraction of sp³-hybridized carbons (Fsp3) is 0.565. The van der Waals surface area contributed by atoms with E-state index < -0.39 is 0 Å². The summed E-state index contributed by atoms with van der Waals surface area (Å²) in [5.74, 6) is 2.35. The zero-order chi connectivity index (χ0) is 19.7. The molecule has 1 aromatic heterocycles. The number of amides is 1. The Labute approximate surface area is 191 Å². The summed E-state index contributed by atoms with van der Waals surface area (Å²) in [5, 5.41) is 0. The Hall–Kier alpha value is -1.56. The van der Waals surface area contributed by atoms with Crippen molar-refractivity contribution in [1.82, 2.24) is 9.88 Å². The van der Waals surface area contributed by atoms with E-state index in [0.717, 1.165) is 55.7 Å². The monoisotopic (exact) mass is 453 g/mol. The molecule has 2 heterocycles. The Kier molecular flexibility index (Phi) is 8.77. The van der Waals surface area contributed by atoms with Gasteiger partial charge in [0.1, 0.15) is 17.5 Å². The first-order chi connectivity index (χ1) is 13.5. The van der Waals surface area contributed by atoms with Crippen LogP contribution < -0.4 is 5.73 Å². The van der Waals surface area contributed by atoms with Gasteiger partial charge in [-0.3, -0.25) is 4.79 Å². The van der Waals surface area contributed by atoms with E-state index in [1.54, 1.807) is 0 Å². The van der Waals surface area contributed by atoms with Gasteiger partial charge in [0.25, 0.3) is 0 Å². The zero-order valence-corrected chi connectivity index (χ0v) is 19.4. The van der Waals surface area contributed by atoms with Crippen LogP contribution in [0.1, 0.15) is 76.0 Å². The molecule has 1 aromatic carbocycles. The molecule has 2 fully saturated rings. The number of halogens is 2. The number of likely N-dealkylation sites (tertiary alicyclic amines) is 1. The minimum Gasteiger partial charge on any atom is -0.442 e. The van der Waals surface area contributed by atoms with Crippen LogP contribution in [0.15, 0.2) is 34.7 Å². The third-order valence-corrected chi connectivity index (χ3v) is 6.25. The van der Waals surface area contributed by atoms with Gasteiger partial charge in [-0.05, 0) is 31.6 Å². The number of aromatic nitrogens is 1. The lowest BCUT2D eigenvalue weighted by molar-refractivity contribution is -0.133. The van der Waals surface area contributed by atoms with E-state index in [0.29, 0.717) is 18.2 Å². The number of benzene rings is 1. The van der Waals surface area contributed by atoms with Gasteiger partial charge < -0.3 is 15.1 Å². The average Bonchev–Trinajstić information content (AvgIpc) is 3.41. The number of nitrogens with zero attached hydrogens (tertiary/aromatic N) is 2. The summed E-state index contributed by atoms with van der Waals surface area (Å²) in [6, 6.07) is 10.3. The van der Waals surface area contributed by atoms with E-state index in [2.05, 4.69) is 26.0 Å². The first-order valence-electron chi connectivity index (χ1n) is 10.7. The molecule has 2 aliphatic rings. The molecular weight excluding hydrogens is 421 g/mol. The molecule has 30 heavy (non-hydrogen) atoms. The molecule has 5 nitrogen and oxygen atoms in total. The Balaban J connectivity index is 0.00000160. The molecular formula is C23H33Cl2N3O2. The summed E-state index contributed by atoms with van der Waals surface area (Å²) in [6.07, 6.45) is 5.71. The second kappa shape index (κ2) is 10.7. The van der Waals surface area contributed by atoms with Gasteiger partial charge in [-0.15, -0.1) is 24.8 Å². The molecule has 0 spiro atoms. The van der Waals surface area contributed by atoms with E-state index >= 15 is 0 Å². The maximum absolute atomic E-state index is 13.0. The summed E-state index contributed by atoms with van der Waals surface area (Å²) in [6.45, 7) is 5.02. The third kappa shape index (κ3) is 5.01. The highest BCUT2D eigenvalue weighted by Crippen LogP contribution is 2.38. The SMILES string of the molecule is CC(C)c1oc(C2CCCN2C(=O)C[C@@H]2CCC[C@H]2N)nc1-c1ccccc1.Cl.Cl. The number of rotatable bonds is 5. The number of carbonyl (C=O) groups excluding carboxylic acids is 1. The van der Waals surface area contributed by atoms with Crippen molar-refractivity contribution in [2.45, 2.75) is 70.4 Å². The van der Waals surface area contributed by atoms with Crippen molar-refractivity contribution in [1.29, 1.82) is 0 Å². The largest absolute Gasteiger partial charge is 0.442 e. The predicted octanol–water partition coefficient (Wildman–Crippen LogP) is 5.49. The van der Waals surface area contributed by atoms with E-state index in [4.69, 9.17) is 15.1 Å². The Bertz CT molecular complexity index is 825. The topological polar surface area (TPSA) is 72.4 Å². The minimum atomic E-state index is -0.0555. The van der Waals surface area contributed by atoms with Gasteiger partial charge in [0.05, 0.1) is 0 Å². The van der Waals surface area contributed by atoms with Crippen LogP contribution in [-0.2, 0) is 4.79 Å². The van der Waals surface area contributed by atoms with E-state index in [9.17, 15) is 4.79 Å². The highest BCUT2D eigenvalue weighted by molar-refractivity contribution is 5.85. The maximum atomic E-state index is 13.0. The molecule has 4 rings (SSSR count). The molecule has 2 N–H and O–H groups in total. The van der Waals surface area contributed by atoms with Crippen LogP contribution >= 0.6 is 24.8 Å². The van der Waals surface area contributed by atoms with Gasteiger partial charge in [-0.1, -0.05) is 50.6 Å². The fourth-order valence-electron chi connectivity index (χ4n) is 4.67. The van der Waals surface area contributed by atoms with Crippen LogP contribution in [-0.4, -0.2) is 28.4 Å². The number of carbonyl (C=O) groups is 1. The highest BCUT2D eigenvalue weighted by atomic mass is 35.5. The van der Waals surface area contributed by atoms with Crippen LogP contribution in [0.4, 0.5) is 0 Å². The van der Waals surface area contributed by atoms with E-state index in [-0.39, 0.29) is 48.7 Å². The molecule has 1 saturated carbocycles. The van der Waals surface area contributed by atoms with Gasteiger partial charge in [-0.25, -0.2) is 4.98 Å². The number of hydrogen-bond acceptors (Lipinski definition) is 4. The lowest BCUT2D eigenvalue weighted by atomic mass is 9.99. The summed E-state index contributed by atoms with van der Waals surface area (Å²) in [7, 11) is 0. The Morgan fingerprint density at radius 3 is 2.53 bits per heavy atom. The van der Waals surface area contributed by atoms with Crippen molar-refractivity contribution in [3.63, 3.8) is 0 Å². The Morgan fingerprint density at radius 2 is 1.90 bits per heavy atom. The standard InChI is InChI=1S/C23H31N3O2.2ClH/c1-15(2)22-21(16-8-4-3-5-9-16)25-23(28-22)19-12-7-13-26(19)20(27)14-17-10-6-11-18(17)24;;/h3-5,8-9,15,17-19H,6-7,10-14,24H2,1-2H3;2*1H/t17-,18+,19?;;/m0../s1. The van der Waals surface area contributed by atoms with Crippen molar-refractivity contribution in [3.8, 4) is 11.3 Å². The molecule has 1 aliphatic carbocycles. The smallest absolute Gasteiger partial charge is 0.223 e. The summed E-state index contributed by atoms with van der Waals surface area (Å²) in [5.41, 5.74) is 8.16. The van der Waals surface area contributed by atoms with Gasteiger partial charge in [0, 0.05) is 30.5 Å². The predicted molar refractivity (Wildman–Crippen MR) is 124 cm³/mol. The lowest BCUT2D eigenvalue weighted by Gasteiger charge is -2.25. The van der Waals surface area contributed by atoms with Crippen molar-refractivity contribution in [2.24, 2.45) is 11.7 Å². The van der Waals surface area contributed by atoms with Crippen LogP contribution in [0, 0.1) is 5.92 Å². The summed E-state index contributed by atoms with van der Waals surface area (Å²) >= 11 is 0. The third-order valence-electron chi connectivity index (χ3n) is 6.25. The molecule has 1 amide bonds. The van der Waals surface area contributed by atoms with Gasteiger partial charge in [0.15, 0.2) is 0 Å². The minimum absolute atomic E-state index is 0. The van der Waals surface area contributed by atoms with Crippen LogP contribution in [0.25, 0.3) is 11.3 Å². The van der Waals surface area contributed by atoms with E-state index in [1.807, 2.05) is 23.1 Å².